The Balaban J connectivity index is 0.000000845. The summed E-state index contributed by atoms with van der Waals surface area (Å²) < 4.78 is 0. The van der Waals surface area contributed by atoms with E-state index in [0.717, 1.165) is 0 Å². The maximum Gasteiger partial charge on any atom is 1.00 e. The van der Waals surface area contributed by atoms with E-state index in [1.54, 1.807) is 0 Å². The van der Waals surface area contributed by atoms with Crippen molar-refractivity contribution >= 4 is 0 Å². The molecular formula is C12H9Li. The molecule has 1 heteroatoms. The monoisotopic (exact) mass is 160 g/mol. The minimum absolute atomic E-state index is 0. The molecule has 2 rings (SSSR count). The zero-order chi connectivity index (χ0) is 8.23. The molecule has 0 aliphatic heterocycles. The van der Waals surface area contributed by atoms with Crippen LogP contribution in [0.25, 0.3) is 11.1 Å². The Morgan fingerprint density at radius 1 is 0.769 bits per heavy atom. The van der Waals surface area contributed by atoms with Gasteiger partial charge in [-0.3, -0.25) is 0 Å². The van der Waals surface area contributed by atoms with E-state index < -0.39 is 0 Å². The SMILES string of the molecule is [Li+].[c-]1cccc(-c2ccccc2)c1. The summed E-state index contributed by atoms with van der Waals surface area (Å²) in [5.41, 5.74) is 2.47. The molecule has 0 heterocycles. The predicted octanol–water partition coefficient (Wildman–Crippen LogP) is 0.158. The van der Waals surface area contributed by atoms with Crippen LogP contribution in [0, 0.1) is 6.07 Å². The molecule has 0 bridgehead atoms. The molecule has 2 aromatic rings. The fourth-order valence-corrected chi connectivity index (χ4v) is 1.20. The van der Waals surface area contributed by atoms with Crippen molar-refractivity contribution in [2.45, 2.75) is 0 Å². The maximum absolute atomic E-state index is 3.06. The molecule has 0 aliphatic carbocycles. The average molecular weight is 160 g/mol. The first kappa shape index (κ1) is 10.1. The molecule has 0 aliphatic rings. The van der Waals surface area contributed by atoms with Gasteiger partial charge < -0.3 is 0 Å². The van der Waals surface area contributed by atoms with Gasteiger partial charge in [0.25, 0.3) is 0 Å². The van der Waals surface area contributed by atoms with Gasteiger partial charge in [0.1, 0.15) is 0 Å². The summed E-state index contributed by atoms with van der Waals surface area (Å²) in [6.45, 7) is 0. The van der Waals surface area contributed by atoms with E-state index in [1.807, 2.05) is 36.4 Å². The van der Waals surface area contributed by atoms with Gasteiger partial charge in [-0.05, 0) is 0 Å². The number of rotatable bonds is 1. The van der Waals surface area contributed by atoms with E-state index in [1.165, 1.54) is 11.1 Å². The third kappa shape index (κ3) is 2.49. The Morgan fingerprint density at radius 2 is 1.46 bits per heavy atom. The predicted molar refractivity (Wildman–Crippen MR) is 50.7 cm³/mol. The minimum atomic E-state index is 0. The fraction of sp³-hybridized carbons (Fsp3) is 0. The molecule has 13 heavy (non-hydrogen) atoms. The molecular weight excluding hydrogens is 151 g/mol. The van der Waals surface area contributed by atoms with Crippen LogP contribution in [0.5, 0.6) is 0 Å². The molecule has 0 saturated carbocycles. The first-order valence-corrected chi connectivity index (χ1v) is 3.98. The summed E-state index contributed by atoms with van der Waals surface area (Å²) in [4.78, 5) is 0. The van der Waals surface area contributed by atoms with E-state index in [-0.39, 0.29) is 18.9 Å². The van der Waals surface area contributed by atoms with Crippen molar-refractivity contribution in [3.8, 4) is 11.1 Å². The molecule has 0 N–H and O–H groups in total. The van der Waals surface area contributed by atoms with Gasteiger partial charge in [-0.25, -0.2) is 0 Å². The number of hydrogen-bond donors (Lipinski definition) is 0. The van der Waals surface area contributed by atoms with Crippen molar-refractivity contribution in [3.63, 3.8) is 0 Å². The molecule has 0 fully saturated rings. The summed E-state index contributed by atoms with van der Waals surface area (Å²) in [7, 11) is 0. The molecule has 0 unspecified atom stereocenters. The van der Waals surface area contributed by atoms with Gasteiger partial charge in [0.05, 0.1) is 0 Å². The first-order chi connectivity index (χ1) is 5.97. The van der Waals surface area contributed by atoms with E-state index in [9.17, 15) is 0 Å². The number of benzene rings is 2. The third-order valence-corrected chi connectivity index (χ3v) is 1.81. The fourth-order valence-electron chi connectivity index (χ4n) is 1.20. The van der Waals surface area contributed by atoms with Crippen LogP contribution in [0.2, 0.25) is 0 Å². The Bertz CT molecular complexity index is 303. The van der Waals surface area contributed by atoms with Crippen LogP contribution in [-0.2, 0) is 0 Å². The van der Waals surface area contributed by atoms with Crippen LogP contribution in [0.3, 0.4) is 0 Å². The largest absolute Gasteiger partial charge is 1.00 e. The second-order valence-electron chi connectivity index (χ2n) is 2.66. The number of hydrogen-bond acceptors (Lipinski definition) is 0. The Morgan fingerprint density at radius 3 is 2.08 bits per heavy atom. The quantitative estimate of drug-likeness (QED) is 0.411. The van der Waals surface area contributed by atoms with E-state index in [0.29, 0.717) is 0 Å². The van der Waals surface area contributed by atoms with Gasteiger partial charge in [0.15, 0.2) is 0 Å². The Kier molecular flexibility index (Phi) is 3.83. The maximum atomic E-state index is 3.06. The Labute approximate surface area is 90.8 Å². The molecule has 58 valence electrons. The molecule has 0 spiro atoms. The van der Waals surface area contributed by atoms with Gasteiger partial charge in [0.2, 0.25) is 0 Å². The van der Waals surface area contributed by atoms with Crippen molar-refractivity contribution in [3.05, 3.63) is 60.7 Å². The van der Waals surface area contributed by atoms with Crippen molar-refractivity contribution in [2.24, 2.45) is 0 Å². The normalized spacial score (nSPS) is 8.92. The van der Waals surface area contributed by atoms with Crippen LogP contribution >= 0.6 is 0 Å². The topological polar surface area (TPSA) is 0 Å². The van der Waals surface area contributed by atoms with Crippen molar-refractivity contribution < 1.29 is 18.9 Å². The minimum Gasteiger partial charge on any atom is -0.183 e. The van der Waals surface area contributed by atoms with Gasteiger partial charge in [-0.15, -0.1) is 5.56 Å². The van der Waals surface area contributed by atoms with Gasteiger partial charge >= 0.3 is 18.9 Å². The molecule has 0 aromatic heterocycles. The van der Waals surface area contributed by atoms with Gasteiger partial charge in [-0.2, -0.15) is 30.3 Å². The first-order valence-electron chi connectivity index (χ1n) is 3.98. The summed E-state index contributed by atoms with van der Waals surface area (Å²) in [5.74, 6) is 0. The van der Waals surface area contributed by atoms with Crippen LogP contribution in [-0.4, -0.2) is 0 Å². The molecule has 2 aromatic carbocycles. The molecule has 0 amide bonds. The Hall–Kier alpha value is -0.963. The van der Waals surface area contributed by atoms with Crippen molar-refractivity contribution in [2.75, 3.05) is 0 Å². The van der Waals surface area contributed by atoms with Crippen LogP contribution in [0.15, 0.2) is 54.6 Å². The summed E-state index contributed by atoms with van der Waals surface area (Å²) in [6.07, 6.45) is 0. The van der Waals surface area contributed by atoms with Crippen molar-refractivity contribution in [1.82, 2.24) is 0 Å². The van der Waals surface area contributed by atoms with Gasteiger partial charge in [-0.1, -0.05) is 35.9 Å². The summed E-state index contributed by atoms with van der Waals surface area (Å²) in [6, 6.07) is 21.4. The average Bonchev–Trinajstić information content (AvgIpc) is 2.21. The van der Waals surface area contributed by atoms with E-state index in [2.05, 4.69) is 24.3 Å². The molecule has 0 atom stereocenters. The van der Waals surface area contributed by atoms with Gasteiger partial charge in [0, 0.05) is 0 Å². The van der Waals surface area contributed by atoms with Crippen LogP contribution in [0.1, 0.15) is 0 Å². The van der Waals surface area contributed by atoms with Crippen LogP contribution in [0.4, 0.5) is 0 Å². The van der Waals surface area contributed by atoms with E-state index >= 15 is 0 Å². The standard InChI is InChI=1S/C12H9.Li/c1-3-7-11(8-4-1)12-9-5-2-6-10-12;/h1-5,7-10H;/q-1;+1. The smallest absolute Gasteiger partial charge is 0.183 e. The zero-order valence-corrected chi connectivity index (χ0v) is 7.70. The van der Waals surface area contributed by atoms with Crippen LogP contribution < -0.4 is 18.9 Å². The summed E-state index contributed by atoms with van der Waals surface area (Å²) >= 11 is 0. The molecule has 0 nitrogen and oxygen atoms in total. The van der Waals surface area contributed by atoms with E-state index in [4.69, 9.17) is 0 Å². The molecule has 0 radical (unpaired) electrons. The molecule has 0 saturated heterocycles. The second-order valence-corrected chi connectivity index (χ2v) is 2.66. The second kappa shape index (κ2) is 4.92. The third-order valence-electron chi connectivity index (χ3n) is 1.81. The van der Waals surface area contributed by atoms with Crippen molar-refractivity contribution in [1.29, 1.82) is 0 Å². The summed E-state index contributed by atoms with van der Waals surface area (Å²) in [5, 5.41) is 0. The zero-order valence-electron chi connectivity index (χ0n) is 7.70.